The Labute approximate surface area is 106 Å². The van der Waals surface area contributed by atoms with Gasteiger partial charge in [-0.15, -0.1) is 0 Å². The number of rotatable bonds is 4. The van der Waals surface area contributed by atoms with Crippen LogP contribution in [0, 0.1) is 0 Å². The summed E-state index contributed by atoms with van der Waals surface area (Å²) in [6, 6.07) is 5.73. The summed E-state index contributed by atoms with van der Waals surface area (Å²) < 4.78 is 27.1. The lowest BCUT2D eigenvalue weighted by atomic mass is 10.2. The molecule has 0 aromatic heterocycles. The molecule has 1 aromatic carbocycles. The van der Waals surface area contributed by atoms with Gasteiger partial charge in [0.15, 0.2) is 0 Å². The van der Waals surface area contributed by atoms with Gasteiger partial charge in [0.05, 0.1) is 4.90 Å². The molecular formula is C11H16N2O4S. The highest BCUT2D eigenvalue weighted by atomic mass is 32.2. The van der Waals surface area contributed by atoms with E-state index in [1.54, 1.807) is 14.0 Å². The Bertz CT molecular complexity index is 524. The summed E-state index contributed by atoms with van der Waals surface area (Å²) >= 11 is 0. The van der Waals surface area contributed by atoms with Crippen molar-refractivity contribution in [3.05, 3.63) is 24.3 Å². The molecular weight excluding hydrogens is 256 g/mol. The summed E-state index contributed by atoms with van der Waals surface area (Å²) in [5, 5.41) is 4.98. The number of hydrogen-bond donors (Lipinski definition) is 1. The van der Waals surface area contributed by atoms with E-state index in [2.05, 4.69) is 0 Å². The highest BCUT2D eigenvalue weighted by molar-refractivity contribution is 7.89. The molecule has 0 aliphatic heterocycles. The van der Waals surface area contributed by atoms with E-state index in [4.69, 9.17) is 9.88 Å². The minimum Gasteiger partial charge on any atom is -0.372 e. The van der Waals surface area contributed by atoms with Crippen LogP contribution in [0.1, 0.15) is 6.92 Å². The largest absolute Gasteiger partial charge is 0.372 e. The molecule has 0 radical (unpaired) electrons. The first-order valence-electron chi connectivity index (χ1n) is 5.20. The van der Waals surface area contributed by atoms with Crippen molar-refractivity contribution in [3.8, 4) is 0 Å². The monoisotopic (exact) mass is 272 g/mol. The molecule has 0 saturated heterocycles. The predicted molar refractivity (Wildman–Crippen MR) is 67.7 cm³/mol. The van der Waals surface area contributed by atoms with Crippen molar-refractivity contribution >= 4 is 21.6 Å². The van der Waals surface area contributed by atoms with Crippen LogP contribution in [0.3, 0.4) is 0 Å². The minimum absolute atomic E-state index is 0.00638. The van der Waals surface area contributed by atoms with Crippen LogP contribution >= 0.6 is 0 Å². The first-order chi connectivity index (χ1) is 8.27. The topological polar surface area (TPSA) is 89.7 Å². The van der Waals surface area contributed by atoms with Gasteiger partial charge in [-0.1, -0.05) is 0 Å². The zero-order valence-electron chi connectivity index (χ0n) is 10.5. The number of ether oxygens (including phenoxy) is 1. The summed E-state index contributed by atoms with van der Waals surface area (Å²) in [5.41, 5.74) is 0.566. The van der Waals surface area contributed by atoms with E-state index in [1.165, 1.54) is 36.3 Å². The fourth-order valence-electron chi connectivity index (χ4n) is 1.36. The number of sulfonamides is 1. The molecule has 18 heavy (non-hydrogen) atoms. The van der Waals surface area contributed by atoms with Gasteiger partial charge < -0.3 is 9.64 Å². The van der Waals surface area contributed by atoms with Crippen LogP contribution in [-0.4, -0.2) is 34.6 Å². The first-order valence-corrected chi connectivity index (χ1v) is 6.75. The predicted octanol–water partition coefficient (Wildman–Crippen LogP) is 0.332. The molecule has 0 fully saturated rings. The number of methoxy groups -OCH3 is 1. The van der Waals surface area contributed by atoms with E-state index in [0.717, 1.165) is 0 Å². The van der Waals surface area contributed by atoms with Gasteiger partial charge in [-0.2, -0.15) is 0 Å². The Hall–Kier alpha value is -1.44. The lowest BCUT2D eigenvalue weighted by Gasteiger charge is -2.20. The fourth-order valence-corrected chi connectivity index (χ4v) is 1.88. The van der Waals surface area contributed by atoms with Crippen molar-refractivity contribution in [2.24, 2.45) is 5.14 Å². The Morgan fingerprint density at radius 2 is 1.83 bits per heavy atom. The fraction of sp³-hybridized carbons (Fsp3) is 0.364. The number of carbonyl (C=O) groups excluding carboxylic acids is 1. The number of anilines is 1. The zero-order valence-corrected chi connectivity index (χ0v) is 11.3. The van der Waals surface area contributed by atoms with E-state index in [1.807, 2.05) is 0 Å². The lowest BCUT2D eigenvalue weighted by molar-refractivity contribution is -0.127. The van der Waals surface area contributed by atoms with Crippen molar-refractivity contribution in [1.82, 2.24) is 0 Å². The van der Waals surface area contributed by atoms with Gasteiger partial charge in [0.2, 0.25) is 10.0 Å². The van der Waals surface area contributed by atoms with E-state index in [0.29, 0.717) is 5.69 Å². The van der Waals surface area contributed by atoms with Crippen LogP contribution in [0.5, 0.6) is 0 Å². The summed E-state index contributed by atoms with van der Waals surface area (Å²) in [5.74, 6) is -0.221. The number of nitrogens with two attached hydrogens (primary N) is 1. The number of hydrogen-bond acceptors (Lipinski definition) is 4. The molecule has 7 heteroatoms. The van der Waals surface area contributed by atoms with Crippen molar-refractivity contribution < 1.29 is 17.9 Å². The molecule has 6 nitrogen and oxygen atoms in total. The molecule has 0 saturated carbocycles. The van der Waals surface area contributed by atoms with E-state index >= 15 is 0 Å². The third kappa shape index (κ3) is 3.28. The Morgan fingerprint density at radius 3 is 2.22 bits per heavy atom. The molecule has 2 N–H and O–H groups in total. The molecule has 1 amide bonds. The van der Waals surface area contributed by atoms with Crippen molar-refractivity contribution in [2.45, 2.75) is 17.9 Å². The maximum Gasteiger partial charge on any atom is 0.255 e. The number of carbonyl (C=O) groups is 1. The number of amides is 1. The molecule has 1 unspecified atom stereocenters. The van der Waals surface area contributed by atoms with Crippen molar-refractivity contribution in [2.75, 3.05) is 19.1 Å². The lowest BCUT2D eigenvalue weighted by Crippen LogP contribution is -2.35. The average molecular weight is 272 g/mol. The Kier molecular flexibility index (Phi) is 4.44. The quantitative estimate of drug-likeness (QED) is 0.855. The summed E-state index contributed by atoms with van der Waals surface area (Å²) in [6.07, 6.45) is -0.562. The standard InChI is InChI=1S/C11H16N2O4S/c1-8(17-3)11(14)13(2)9-4-6-10(7-5-9)18(12,15)16/h4-8H,1-3H3,(H2,12,15,16). The molecule has 0 aliphatic carbocycles. The second-order valence-corrected chi connectivity index (χ2v) is 5.38. The van der Waals surface area contributed by atoms with Crippen LogP contribution in [0.15, 0.2) is 29.2 Å². The SMILES string of the molecule is COC(C)C(=O)N(C)c1ccc(S(N)(=O)=O)cc1. The smallest absolute Gasteiger partial charge is 0.255 e. The minimum atomic E-state index is -3.71. The van der Waals surface area contributed by atoms with Crippen molar-refractivity contribution in [1.29, 1.82) is 0 Å². The third-order valence-corrected chi connectivity index (χ3v) is 3.51. The highest BCUT2D eigenvalue weighted by Gasteiger charge is 2.18. The molecule has 1 rings (SSSR count). The van der Waals surface area contributed by atoms with Gasteiger partial charge in [-0.25, -0.2) is 13.6 Å². The van der Waals surface area contributed by atoms with Crippen LogP contribution in [0.2, 0.25) is 0 Å². The normalized spacial score (nSPS) is 13.1. The summed E-state index contributed by atoms with van der Waals surface area (Å²) in [7, 11) is -0.683. The van der Waals surface area contributed by atoms with Gasteiger partial charge in [0.25, 0.3) is 5.91 Å². The van der Waals surface area contributed by atoms with E-state index in [9.17, 15) is 13.2 Å². The van der Waals surface area contributed by atoms with Gasteiger partial charge >= 0.3 is 0 Å². The molecule has 0 bridgehead atoms. The van der Waals surface area contributed by atoms with Crippen LogP contribution in [0.4, 0.5) is 5.69 Å². The van der Waals surface area contributed by atoms with Crippen LogP contribution in [-0.2, 0) is 19.6 Å². The van der Waals surface area contributed by atoms with Crippen LogP contribution < -0.4 is 10.0 Å². The molecule has 1 atom stereocenters. The van der Waals surface area contributed by atoms with E-state index < -0.39 is 16.1 Å². The maximum absolute atomic E-state index is 11.8. The second kappa shape index (κ2) is 5.47. The number of nitrogens with zero attached hydrogens (tertiary/aromatic N) is 1. The van der Waals surface area contributed by atoms with Crippen LogP contribution in [0.25, 0.3) is 0 Å². The van der Waals surface area contributed by atoms with E-state index in [-0.39, 0.29) is 10.8 Å². The summed E-state index contributed by atoms with van der Waals surface area (Å²) in [4.78, 5) is 13.2. The average Bonchev–Trinajstić information content (AvgIpc) is 2.35. The van der Waals surface area contributed by atoms with Gasteiger partial charge in [-0.05, 0) is 31.2 Å². The number of benzene rings is 1. The Balaban J connectivity index is 2.96. The zero-order chi connectivity index (χ0) is 13.9. The second-order valence-electron chi connectivity index (χ2n) is 3.81. The van der Waals surface area contributed by atoms with Gasteiger partial charge in [0, 0.05) is 19.8 Å². The number of primary sulfonamides is 1. The van der Waals surface area contributed by atoms with Gasteiger partial charge in [0.1, 0.15) is 6.10 Å². The highest BCUT2D eigenvalue weighted by Crippen LogP contribution is 2.17. The molecule has 0 spiro atoms. The molecule has 0 heterocycles. The number of likely N-dealkylation sites (N-methyl/N-ethyl adjacent to an activating group) is 1. The molecule has 1 aromatic rings. The third-order valence-electron chi connectivity index (χ3n) is 2.58. The van der Waals surface area contributed by atoms with Gasteiger partial charge in [-0.3, -0.25) is 4.79 Å². The molecule has 0 aliphatic rings. The van der Waals surface area contributed by atoms with Crippen molar-refractivity contribution in [3.63, 3.8) is 0 Å². The molecule has 100 valence electrons. The maximum atomic E-state index is 11.8. The Morgan fingerprint density at radius 1 is 1.33 bits per heavy atom. The summed E-state index contributed by atoms with van der Waals surface area (Å²) in [6.45, 7) is 1.64. The first kappa shape index (κ1) is 14.6.